The Bertz CT molecular complexity index is 482. The van der Waals surface area contributed by atoms with Gasteiger partial charge in [0.15, 0.2) is 0 Å². The predicted molar refractivity (Wildman–Crippen MR) is 94.8 cm³/mol. The van der Waals surface area contributed by atoms with E-state index in [-0.39, 0.29) is 16.9 Å². The van der Waals surface area contributed by atoms with Crippen LogP contribution in [0.1, 0.15) is 46.0 Å². The molecule has 120 valence electrons. The third-order valence-corrected chi connectivity index (χ3v) is 4.64. The van der Waals surface area contributed by atoms with Gasteiger partial charge in [0.05, 0.1) is 0 Å². The fourth-order valence-electron chi connectivity index (χ4n) is 3.13. The zero-order valence-corrected chi connectivity index (χ0v) is 13.8. The number of hydrogen-bond donors (Lipinski definition) is 2. The van der Waals surface area contributed by atoms with Crippen molar-refractivity contribution in [1.82, 2.24) is 0 Å². The van der Waals surface area contributed by atoms with E-state index in [0.717, 1.165) is 12.8 Å². The fourth-order valence-corrected chi connectivity index (χ4v) is 3.13. The quantitative estimate of drug-likeness (QED) is 0.460. The molecule has 1 aliphatic carbocycles. The highest BCUT2D eigenvalue weighted by Crippen LogP contribution is 2.48. The van der Waals surface area contributed by atoms with Gasteiger partial charge in [0.25, 0.3) is 0 Å². The highest BCUT2D eigenvalue weighted by molar-refractivity contribution is 5.34. The second-order valence-corrected chi connectivity index (χ2v) is 5.93. The lowest BCUT2D eigenvalue weighted by Gasteiger charge is -2.39. The fraction of sp³-hybridized carbons (Fsp3) is 0.400. The second kappa shape index (κ2) is 8.47. The minimum atomic E-state index is 0.00809. The van der Waals surface area contributed by atoms with Gasteiger partial charge < -0.3 is 10.2 Å². The van der Waals surface area contributed by atoms with Gasteiger partial charge in [-0.15, -0.1) is 0 Å². The van der Waals surface area contributed by atoms with Gasteiger partial charge in [-0.2, -0.15) is 0 Å². The van der Waals surface area contributed by atoms with Gasteiger partial charge in [-0.05, 0) is 51.0 Å². The summed E-state index contributed by atoms with van der Waals surface area (Å²) in [5.41, 5.74) is 2.48. The molecule has 1 aliphatic rings. The highest BCUT2D eigenvalue weighted by atomic mass is 16.3. The van der Waals surface area contributed by atoms with E-state index in [1.807, 2.05) is 12.2 Å². The molecule has 2 heteroatoms. The first-order chi connectivity index (χ1) is 10.5. The predicted octanol–water partition coefficient (Wildman–Crippen LogP) is 6.09. The molecule has 1 fully saturated rings. The average Bonchev–Trinajstić information content (AvgIpc) is 2.57. The maximum absolute atomic E-state index is 9.57. The lowest BCUT2D eigenvalue weighted by molar-refractivity contribution is 0.289. The normalized spacial score (nSPS) is 20.6. The van der Waals surface area contributed by atoms with Gasteiger partial charge in [-0.3, -0.25) is 0 Å². The van der Waals surface area contributed by atoms with Crippen molar-refractivity contribution < 1.29 is 10.2 Å². The Balaban J connectivity index is 3.20. The maximum atomic E-state index is 9.57. The van der Waals surface area contributed by atoms with Crippen molar-refractivity contribution in [1.29, 1.82) is 0 Å². The monoisotopic (exact) mass is 300 g/mol. The summed E-state index contributed by atoms with van der Waals surface area (Å²) in [5, 5.41) is 19.1. The summed E-state index contributed by atoms with van der Waals surface area (Å²) in [6.45, 7) is 11.4. The van der Waals surface area contributed by atoms with Gasteiger partial charge >= 0.3 is 0 Å². The van der Waals surface area contributed by atoms with E-state index in [9.17, 15) is 10.2 Å². The van der Waals surface area contributed by atoms with Crippen molar-refractivity contribution in [2.45, 2.75) is 46.0 Å². The molecule has 0 heterocycles. The Kier molecular flexibility index (Phi) is 6.97. The van der Waals surface area contributed by atoms with E-state index in [0.29, 0.717) is 0 Å². The number of aliphatic hydroxyl groups excluding tert-OH is 2. The minimum absolute atomic E-state index is 0.00809. The molecular formula is C20H28O2. The number of aliphatic hydroxyl groups is 2. The average molecular weight is 300 g/mol. The van der Waals surface area contributed by atoms with Crippen LogP contribution in [0.25, 0.3) is 0 Å². The van der Waals surface area contributed by atoms with Crippen LogP contribution in [0.5, 0.6) is 0 Å². The van der Waals surface area contributed by atoms with Crippen molar-refractivity contribution in [3.8, 4) is 0 Å². The Morgan fingerprint density at radius 2 is 1.18 bits per heavy atom. The molecule has 0 aromatic rings. The van der Waals surface area contributed by atoms with Crippen molar-refractivity contribution in [3.63, 3.8) is 0 Å². The summed E-state index contributed by atoms with van der Waals surface area (Å²) < 4.78 is 0. The van der Waals surface area contributed by atoms with Gasteiger partial charge in [0, 0.05) is 5.41 Å². The van der Waals surface area contributed by atoms with Crippen LogP contribution in [0.3, 0.4) is 0 Å². The topological polar surface area (TPSA) is 40.5 Å². The molecule has 0 amide bonds. The van der Waals surface area contributed by atoms with E-state index in [1.54, 1.807) is 12.2 Å². The molecule has 0 radical (unpaired) electrons. The van der Waals surface area contributed by atoms with Gasteiger partial charge in [0.2, 0.25) is 0 Å². The maximum Gasteiger partial charge on any atom is 0.114 e. The zero-order valence-electron chi connectivity index (χ0n) is 13.8. The summed E-state index contributed by atoms with van der Waals surface area (Å²) in [7, 11) is 0. The van der Waals surface area contributed by atoms with Crippen LogP contribution in [0.4, 0.5) is 0 Å². The summed E-state index contributed by atoms with van der Waals surface area (Å²) in [6.07, 6.45) is 16.1. The van der Waals surface area contributed by atoms with Crippen molar-refractivity contribution in [2.75, 3.05) is 0 Å². The molecule has 22 heavy (non-hydrogen) atoms. The van der Waals surface area contributed by atoms with Crippen molar-refractivity contribution in [2.24, 2.45) is 5.41 Å². The molecule has 0 saturated heterocycles. The molecule has 0 unspecified atom stereocenters. The molecule has 0 atom stereocenters. The Morgan fingerprint density at radius 3 is 1.55 bits per heavy atom. The SMILES string of the molecule is C=C/C(O)=C\C=C(/C)C1(/C(C)=C/C=C(/O)C=C)CCCCC1. The molecule has 1 saturated carbocycles. The van der Waals surface area contributed by atoms with E-state index in [4.69, 9.17) is 0 Å². The molecule has 0 aromatic carbocycles. The minimum Gasteiger partial charge on any atom is -0.508 e. The lowest BCUT2D eigenvalue weighted by Crippen LogP contribution is -2.27. The first kappa shape index (κ1) is 18.1. The number of rotatable bonds is 6. The van der Waals surface area contributed by atoms with E-state index >= 15 is 0 Å². The highest BCUT2D eigenvalue weighted by Gasteiger charge is 2.34. The standard InChI is InChI=1S/C20H28O2/c1-5-18(21)12-10-16(3)20(14-8-7-9-15-20)17(4)11-13-19(22)6-2/h5-6,10-13,21-22H,1-2,7-9,14-15H2,3-4H3/b16-10+,17-11+,18-12+,19-13+. The van der Waals surface area contributed by atoms with E-state index < -0.39 is 0 Å². The van der Waals surface area contributed by atoms with Gasteiger partial charge in [0.1, 0.15) is 11.5 Å². The number of hydrogen-bond acceptors (Lipinski definition) is 2. The Hall–Kier alpha value is -1.96. The summed E-state index contributed by atoms with van der Waals surface area (Å²) >= 11 is 0. The summed E-state index contributed by atoms with van der Waals surface area (Å²) in [4.78, 5) is 0. The molecule has 0 spiro atoms. The van der Waals surface area contributed by atoms with Crippen LogP contribution >= 0.6 is 0 Å². The van der Waals surface area contributed by atoms with Crippen LogP contribution < -0.4 is 0 Å². The van der Waals surface area contributed by atoms with Gasteiger partial charge in [-0.1, -0.05) is 55.7 Å². The van der Waals surface area contributed by atoms with Crippen LogP contribution in [0.2, 0.25) is 0 Å². The first-order valence-corrected chi connectivity index (χ1v) is 7.87. The van der Waals surface area contributed by atoms with Crippen LogP contribution in [-0.2, 0) is 0 Å². The third kappa shape index (κ3) is 4.52. The van der Waals surface area contributed by atoms with Gasteiger partial charge in [-0.25, -0.2) is 0 Å². The zero-order chi connectivity index (χ0) is 16.6. The summed E-state index contributed by atoms with van der Waals surface area (Å²) in [6, 6.07) is 0. The van der Waals surface area contributed by atoms with E-state index in [2.05, 4.69) is 27.0 Å². The number of allylic oxidation sites excluding steroid dienone is 8. The van der Waals surface area contributed by atoms with Crippen LogP contribution in [0, 0.1) is 5.41 Å². The third-order valence-electron chi connectivity index (χ3n) is 4.64. The van der Waals surface area contributed by atoms with E-state index in [1.165, 1.54) is 42.6 Å². The molecule has 0 aliphatic heterocycles. The second-order valence-electron chi connectivity index (χ2n) is 5.93. The molecule has 1 rings (SSSR count). The molecular weight excluding hydrogens is 272 g/mol. The molecule has 2 N–H and O–H groups in total. The van der Waals surface area contributed by atoms with Crippen molar-refractivity contribution >= 4 is 0 Å². The smallest absolute Gasteiger partial charge is 0.114 e. The largest absolute Gasteiger partial charge is 0.508 e. The summed E-state index contributed by atoms with van der Waals surface area (Å²) in [5.74, 6) is 0.354. The Morgan fingerprint density at radius 1 is 0.773 bits per heavy atom. The lowest BCUT2D eigenvalue weighted by atomic mass is 9.65. The van der Waals surface area contributed by atoms with Crippen LogP contribution in [-0.4, -0.2) is 10.2 Å². The van der Waals surface area contributed by atoms with Crippen molar-refractivity contribution in [3.05, 3.63) is 72.3 Å². The molecule has 0 bridgehead atoms. The first-order valence-electron chi connectivity index (χ1n) is 7.87. The Labute approximate surface area is 134 Å². The molecule has 0 aromatic heterocycles. The molecule has 2 nitrogen and oxygen atoms in total. The van der Waals surface area contributed by atoms with Crippen LogP contribution in [0.15, 0.2) is 72.3 Å².